The second-order valence-electron chi connectivity index (χ2n) is 14.9. The van der Waals surface area contributed by atoms with Crippen LogP contribution in [-0.4, -0.2) is 34.8 Å². The Morgan fingerprint density at radius 1 is 0.962 bits per heavy atom. The first-order valence-corrected chi connectivity index (χ1v) is 19.9. The first-order valence-electron chi connectivity index (χ1n) is 19.9. The van der Waals surface area contributed by atoms with Gasteiger partial charge in [0.15, 0.2) is 11.6 Å². The molecular weight excluding hydrogens is 667 g/mol. The molecule has 0 aliphatic heterocycles. The molecule has 0 radical (unpaired) electrons. The van der Waals surface area contributed by atoms with Gasteiger partial charge in [0, 0.05) is 36.1 Å². The smallest absolute Gasteiger partial charge is 0.159 e. The summed E-state index contributed by atoms with van der Waals surface area (Å²) in [4.78, 5) is 14.2. The number of halogens is 2. The number of hydrogen-bond acceptors (Lipinski definition) is 5. The number of rotatable bonds is 11. The van der Waals surface area contributed by atoms with Gasteiger partial charge in [-0.1, -0.05) is 93.7 Å². The van der Waals surface area contributed by atoms with Crippen LogP contribution >= 0.6 is 0 Å². The lowest BCUT2D eigenvalue weighted by Gasteiger charge is -2.32. The summed E-state index contributed by atoms with van der Waals surface area (Å²) < 4.78 is 32.6. The Bertz CT molecular complexity index is 1520. The zero-order valence-corrected chi connectivity index (χ0v) is 35.7. The molecule has 1 unspecified atom stereocenters. The Kier molecular flexibility index (Phi) is 24.7. The second-order valence-corrected chi connectivity index (χ2v) is 14.9. The van der Waals surface area contributed by atoms with Gasteiger partial charge in [0.05, 0.1) is 17.1 Å². The number of ether oxygens (including phenoxy) is 1. The van der Waals surface area contributed by atoms with E-state index in [0.29, 0.717) is 35.4 Å². The van der Waals surface area contributed by atoms with Crippen molar-refractivity contribution in [3.05, 3.63) is 70.7 Å². The Morgan fingerprint density at radius 2 is 1.53 bits per heavy atom. The largest absolute Gasteiger partial charge is 0.402 e. The monoisotopic (exact) mass is 741 g/mol. The molecular formula is C45H74F2N4O2. The number of carbonyl (C=O) groups excluding carboxylic acids is 1. The van der Waals surface area contributed by atoms with Crippen LogP contribution in [0.25, 0.3) is 16.6 Å². The maximum atomic E-state index is 12.2. The van der Waals surface area contributed by atoms with E-state index in [1.807, 2.05) is 34.8 Å². The molecule has 3 aromatic rings. The Morgan fingerprint density at radius 3 is 1.96 bits per heavy atom. The average Bonchev–Trinajstić information content (AvgIpc) is 3.49. The van der Waals surface area contributed by atoms with Crippen LogP contribution in [0.1, 0.15) is 163 Å². The van der Waals surface area contributed by atoms with Crippen LogP contribution in [0.15, 0.2) is 42.1 Å². The number of aryl methyl sites for hydroxylation is 1. The number of nitrogens with one attached hydrogen (secondary N) is 1. The SMILES string of the molecule is CC.CC(C)C.CC=O.CC[C@@H](C)CCC(c1nc2cc(/C(C(C)=N)=C(\C)N)ccc2n1C1CCC(OC)CC1)[C@H](C)CC.Cc1ccc(F)c(F)c1. The summed E-state index contributed by atoms with van der Waals surface area (Å²) in [5.74, 6) is 2.28. The van der Waals surface area contributed by atoms with E-state index in [2.05, 4.69) is 71.2 Å². The normalized spacial score (nSPS) is 17.2. The number of carbonyl (C=O) groups is 1. The van der Waals surface area contributed by atoms with Crippen LogP contribution in [0, 0.1) is 41.7 Å². The maximum absolute atomic E-state index is 12.2. The van der Waals surface area contributed by atoms with Crippen LogP contribution in [0.4, 0.5) is 8.78 Å². The van der Waals surface area contributed by atoms with E-state index < -0.39 is 11.6 Å². The number of nitrogens with two attached hydrogens (primary N) is 1. The van der Waals surface area contributed by atoms with Gasteiger partial charge in [0.2, 0.25) is 0 Å². The number of nitrogens with zero attached hydrogens (tertiary/aromatic N) is 2. The first-order chi connectivity index (χ1) is 25.1. The molecule has 53 heavy (non-hydrogen) atoms. The van der Waals surface area contributed by atoms with E-state index >= 15 is 0 Å². The molecule has 1 aliphatic rings. The van der Waals surface area contributed by atoms with Gasteiger partial charge in [-0.25, -0.2) is 13.8 Å². The Labute approximate surface area is 321 Å². The van der Waals surface area contributed by atoms with E-state index in [1.54, 1.807) is 6.92 Å². The molecule has 0 spiro atoms. The topological polar surface area (TPSA) is 94.0 Å². The quantitative estimate of drug-likeness (QED) is 0.151. The Hall–Kier alpha value is -3.39. The summed E-state index contributed by atoms with van der Waals surface area (Å²) in [6.07, 6.45) is 10.4. The number of allylic oxidation sites excluding steroid dienone is 2. The number of fused-ring (bicyclic) bond motifs is 1. The van der Waals surface area contributed by atoms with Gasteiger partial charge in [-0.05, 0) is 113 Å². The summed E-state index contributed by atoms with van der Waals surface area (Å²) in [5.41, 5.74) is 12.1. The summed E-state index contributed by atoms with van der Waals surface area (Å²) in [7, 11) is 1.84. The van der Waals surface area contributed by atoms with Gasteiger partial charge in [0.25, 0.3) is 0 Å². The molecule has 2 aromatic carbocycles. The molecule has 1 saturated carbocycles. The minimum Gasteiger partial charge on any atom is -0.402 e. The highest BCUT2D eigenvalue weighted by Crippen LogP contribution is 2.40. The lowest BCUT2D eigenvalue weighted by molar-refractivity contribution is -0.106. The molecule has 1 aromatic heterocycles. The fourth-order valence-corrected chi connectivity index (χ4v) is 6.42. The van der Waals surface area contributed by atoms with E-state index in [9.17, 15) is 8.78 Å². The van der Waals surface area contributed by atoms with E-state index in [-0.39, 0.29) is 0 Å². The molecule has 0 amide bonds. The van der Waals surface area contributed by atoms with Crippen molar-refractivity contribution in [1.82, 2.24) is 9.55 Å². The van der Waals surface area contributed by atoms with Crippen molar-refractivity contribution in [3.63, 3.8) is 0 Å². The van der Waals surface area contributed by atoms with Crippen LogP contribution in [0.5, 0.6) is 0 Å². The molecule has 4 rings (SSSR count). The second kappa shape index (κ2) is 26.4. The highest BCUT2D eigenvalue weighted by atomic mass is 19.2. The predicted molar refractivity (Wildman–Crippen MR) is 224 cm³/mol. The van der Waals surface area contributed by atoms with Gasteiger partial charge in [-0.3, -0.25) is 0 Å². The molecule has 1 aliphatic carbocycles. The minimum absolute atomic E-state index is 0.377. The molecule has 300 valence electrons. The lowest BCUT2D eigenvalue weighted by atomic mass is 9.84. The molecule has 8 heteroatoms. The van der Waals surface area contributed by atoms with Crippen LogP contribution in [0.3, 0.4) is 0 Å². The lowest BCUT2D eigenvalue weighted by Crippen LogP contribution is -2.25. The van der Waals surface area contributed by atoms with Crippen LogP contribution in [-0.2, 0) is 9.53 Å². The van der Waals surface area contributed by atoms with Crippen LogP contribution in [0.2, 0.25) is 0 Å². The number of benzene rings is 2. The van der Waals surface area contributed by atoms with Gasteiger partial charge >= 0.3 is 0 Å². The molecule has 3 atom stereocenters. The highest BCUT2D eigenvalue weighted by molar-refractivity contribution is 6.22. The summed E-state index contributed by atoms with van der Waals surface area (Å²) in [6, 6.07) is 10.8. The third-order valence-electron chi connectivity index (χ3n) is 9.52. The van der Waals surface area contributed by atoms with Gasteiger partial charge in [-0.15, -0.1) is 0 Å². The van der Waals surface area contributed by atoms with Crippen molar-refractivity contribution in [2.24, 2.45) is 23.5 Å². The number of methoxy groups -OCH3 is 1. The molecule has 3 N–H and O–H groups in total. The third kappa shape index (κ3) is 16.7. The third-order valence-corrected chi connectivity index (χ3v) is 9.52. The molecule has 1 fully saturated rings. The Balaban J connectivity index is 0.00000124. The molecule has 0 saturated heterocycles. The van der Waals surface area contributed by atoms with Crippen molar-refractivity contribution >= 4 is 28.6 Å². The van der Waals surface area contributed by atoms with Crippen molar-refractivity contribution < 1.29 is 18.3 Å². The predicted octanol–water partition coefficient (Wildman–Crippen LogP) is 13.0. The number of aromatic nitrogens is 2. The standard InChI is InChI=1S/C30H48N4O.C7H6F2.C4H10.C2H4O.C2H6/c1-8-19(3)10-16-26(20(4)9-2)30-33-27-18-23(29(21(5)31)22(6)32)11-17-28(27)34(30)24-12-14-25(35-7)15-13-24;1-5-2-3-6(8)7(9)4-5;1-4(2)3;1-2-3;1-2/h11,17-20,24-26,31H,8-10,12-16,32H2,1-7H3;2-4H,1H3;4H,1-3H3;2H,1H3;1-2H3/b29-22+,31-21?;;;;/t19-,20-,24?,25?,26?;;;;/m1..../s1. The summed E-state index contributed by atoms with van der Waals surface area (Å²) in [6.45, 7) is 26.7. The fourth-order valence-electron chi connectivity index (χ4n) is 6.42. The van der Waals surface area contributed by atoms with Crippen molar-refractivity contribution in [1.29, 1.82) is 5.41 Å². The summed E-state index contributed by atoms with van der Waals surface area (Å²) in [5, 5.41) is 8.26. The number of imidazole rings is 1. The van der Waals surface area contributed by atoms with Crippen molar-refractivity contribution in [2.45, 2.75) is 159 Å². The number of hydrogen-bond donors (Lipinski definition) is 2. The van der Waals surface area contributed by atoms with E-state index in [0.717, 1.165) is 84.6 Å². The maximum Gasteiger partial charge on any atom is 0.159 e. The minimum atomic E-state index is -0.791. The van der Waals surface area contributed by atoms with Crippen LogP contribution < -0.4 is 5.73 Å². The fraction of sp³-hybridized carbons (Fsp3) is 0.622. The zero-order valence-electron chi connectivity index (χ0n) is 35.7. The van der Waals surface area contributed by atoms with Gasteiger partial charge in [0.1, 0.15) is 12.1 Å². The molecule has 1 heterocycles. The van der Waals surface area contributed by atoms with Crippen molar-refractivity contribution in [3.8, 4) is 0 Å². The van der Waals surface area contributed by atoms with E-state index in [4.69, 9.17) is 25.7 Å². The van der Waals surface area contributed by atoms with Gasteiger partial charge in [-0.2, -0.15) is 0 Å². The van der Waals surface area contributed by atoms with E-state index in [1.165, 1.54) is 43.6 Å². The average molecular weight is 741 g/mol. The first kappa shape index (κ1) is 49.6. The molecule has 0 bridgehead atoms. The van der Waals surface area contributed by atoms with Gasteiger partial charge < -0.3 is 25.2 Å². The zero-order chi connectivity index (χ0) is 40.8. The van der Waals surface area contributed by atoms with Crippen molar-refractivity contribution in [2.75, 3.05) is 7.11 Å². The number of aldehydes is 1. The summed E-state index contributed by atoms with van der Waals surface area (Å²) >= 11 is 0. The highest BCUT2D eigenvalue weighted by Gasteiger charge is 2.31. The molecule has 6 nitrogen and oxygen atoms in total.